The van der Waals surface area contributed by atoms with Gasteiger partial charge in [0, 0.05) is 37.9 Å². The lowest BCUT2D eigenvalue weighted by Crippen LogP contribution is -2.56. The van der Waals surface area contributed by atoms with Crippen molar-refractivity contribution in [3.63, 3.8) is 0 Å². The number of piperazine rings is 1. The molecule has 0 bridgehead atoms. The third kappa shape index (κ3) is 8.82. The van der Waals surface area contributed by atoms with E-state index in [9.17, 15) is 14.7 Å². The molecule has 2 amide bonds. The van der Waals surface area contributed by atoms with E-state index in [1.54, 1.807) is 4.90 Å². The topological polar surface area (TPSA) is 72.9 Å². The van der Waals surface area contributed by atoms with Gasteiger partial charge < -0.3 is 20.2 Å². The number of carbonyl (C=O) groups excluding carboxylic acids is 2. The molecule has 3 rings (SSSR count). The summed E-state index contributed by atoms with van der Waals surface area (Å²) in [7, 11) is 0. The fourth-order valence-electron chi connectivity index (χ4n) is 5.33. The number of carbonyl (C=O) groups is 2. The summed E-state index contributed by atoms with van der Waals surface area (Å²) < 4.78 is 0. The molecule has 1 aromatic carbocycles. The molecule has 0 spiro atoms. The Balaban J connectivity index is 1.51. The summed E-state index contributed by atoms with van der Waals surface area (Å²) in [5, 5.41) is 12.5. The highest BCUT2D eigenvalue weighted by Gasteiger charge is 2.28. The molecule has 1 saturated heterocycles. The molecule has 6 nitrogen and oxygen atoms in total. The van der Waals surface area contributed by atoms with E-state index in [-0.39, 0.29) is 11.3 Å². The average Bonchev–Trinajstić information content (AvgIpc) is 2.91. The number of para-hydroxylation sites is 1. The van der Waals surface area contributed by atoms with E-state index >= 15 is 0 Å². The minimum Gasteiger partial charge on any atom is -0.394 e. The predicted molar refractivity (Wildman–Crippen MR) is 160 cm³/mol. The van der Waals surface area contributed by atoms with Crippen molar-refractivity contribution in [2.45, 2.75) is 59.9 Å². The zero-order valence-corrected chi connectivity index (χ0v) is 24.2. The lowest BCUT2D eigenvalue weighted by atomic mass is 9.72. The second-order valence-electron chi connectivity index (χ2n) is 11.3. The van der Waals surface area contributed by atoms with Crippen LogP contribution in [-0.4, -0.2) is 60.6 Å². The number of rotatable bonds is 9. The van der Waals surface area contributed by atoms with Crippen LogP contribution in [-0.2, 0) is 9.59 Å². The molecule has 2 aliphatic rings. The maximum absolute atomic E-state index is 13.0. The van der Waals surface area contributed by atoms with E-state index in [0.717, 1.165) is 16.8 Å². The van der Waals surface area contributed by atoms with Gasteiger partial charge >= 0.3 is 0 Å². The van der Waals surface area contributed by atoms with Gasteiger partial charge in [0.2, 0.25) is 11.8 Å². The van der Waals surface area contributed by atoms with Gasteiger partial charge in [0.05, 0.1) is 6.61 Å². The number of hydrogen-bond donors (Lipinski definition) is 2. The van der Waals surface area contributed by atoms with Gasteiger partial charge in [-0.15, -0.1) is 0 Å². The van der Waals surface area contributed by atoms with Crippen molar-refractivity contribution < 1.29 is 14.7 Å². The molecule has 1 fully saturated rings. The summed E-state index contributed by atoms with van der Waals surface area (Å²) in [6.07, 6.45) is 15.3. The Hall–Kier alpha value is -3.38. The summed E-state index contributed by atoms with van der Waals surface area (Å²) in [5.74, 6) is -0.646. The van der Waals surface area contributed by atoms with E-state index in [0.29, 0.717) is 26.2 Å². The molecule has 1 aromatic rings. The fraction of sp³-hybridized carbons (Fsp3) is 0.455. The molecule has 0 aromatic heterocycles. The smallest absolute Gasteiger partial charge is 0.247 e. The molecule has 2 N–H and O–H groups in total. The van der Waals surface area contributed by atoms with Crippen LogP contribution in [0.2, 0.25) is 0 Å². The highest BCUT2D eigenvalue weighted by molar-refractivity contribution is 5.93. The second kappa shape index (κ2) is 14.1. The largest absolute Gasteiger partial charge is 0.394 e. The molecule has 210 valence electrons. The summed E-state index contributed by atoms with van der Waals surface area (Å²) in [5.41, 5.74) is 6.14. The van der Waals surface area contributed by atoms with Crippen molar-refractivity contribution in [3.05, 3.63) is 89.1 Å². The normalized spacial score (nSPS) is 19.6. The highest BCUT2D eigenvalue weighted by Crippen LogP contribution is 2.40. The minimum absolute atomic E-state index is 0.214. The van der Waals surface area contributed by atoms with Crippen LogP contribution in [0.25, 0.3) is 0 Å². The molecule has 0 radical (unpaired) electrons. The summed E-state index contributed by atoms with van der Waals surface area (Å²) >= 11 is 0. The van der Waals surface area contributed by atoms with E-state index in [4.69, 9.17) is 0 Å². The molecule has 0 saturated carbocycles. The molecule has 39 heavy (non-hydrogen) atoms. The van der Waals surface area contributed by atoms with Gasteiger partial charge in [-0.1, -0.05) is 73.6 Å². The molecule has 1 heterocycles. The third-order valence-electron chi connectivity index (χ3n) is 7.64. The van der Waals surface area contributed by atoms with Crippen molar-refractivity contribution in [1.82, 2.24) is 10.2 Å². The van der Waals surface area contributed by atoms with Crippen molar-refractivity contribution in [3.8, 4) is 0 Å². The number of amides is 2. The molecular weight excluding hydrogens is 486 g/mol. The van der Waals surface area contributed by atoms with E-state index in [1.807, 2.05) is 43.4 Å². The Bertz CT molecular complexity index is 1150. The SMILES string of the molecule is CC(C=CC1=C(C)CCCC1(C)C)=CC=CC(C)=CC(=O)N[C@@H](CO)C(=O)N1CCN(c2ccccc2)CC1. The molecule has 0 unspecified atom stereocenters. The standard InChI is InChI=1S/C33H45N3O3/c1-25(16-17-29-27(3)13-10-18-33(29,4)5)11-9-12-26(2)23-31(38)34-30(24-37)32(39)36-21-19-35(20-22-36)28-14-7-6-8-15-28/h6-9,11-12,14-17,23,30,37H,10,13,18-22,24H2,1-5H3,(H,34,38)/t30-/m0/s1. The molecule has 1 aliphatic heterocycles. The Morgan fingerprint density at radius 2 is 1.74 bits per heavy atom. The summed E-state index contributed by atoms with van der Waals surface area (Å²) in [6.45, 7) is 12.8. The number of hydrogen-bond acceptors (Lipinski definition) is 4. The van der Waals surface area contributed by atoms with Crippen LogP contribution >= 0.6 is 0 Å². The van der Waals surface area contributed by atoms with Crippen molar-refractivity contribution >= 4 is 17.5 Å². The monoisotopic (exact) mass is 531 g/mol. The predicted octanol–water partition coefficient (Wildman–Crippen LogP) is 5.34. The Morgan fingerprint density at radius 1 is 1.05 bits per heavy atom. The van der Waals surface area contributed by atoms with Crippen molar-refractivity contribution in [2.75, 3.05) is 37.7 Å². The first-order valence-corrected chi connectivity index (χ1v) is 14.0. The average molecular weight is 532 g/mol. The van der Waals surface area contributed by atoms with Crippen LogP contribution in [0.4, 0.5) is 5.69 Å². The highest BCUT2D eigenvalue weighted by atomic mass is 16.3. The maximum atomic E-state index is 13.0. The maximum Gasteiger partial charge on any atom is 0.247 e. The second-order valence-corrected chi connectivity index (χ2v) is 11.3. The molecule has 6 heteroatoms. The van der Waals surface area contributed by atoms with Gasteiger partial charge in [0.25, 0.3) is 0 Å². The van der Waals surface area contributed by atoms with Gasteiger partial charge in [0.15, 0.2) is 0 Å². The number of nitrogens with zero attached hydrogens (tertiary/aromatic N) is 2. The van der Waals surface area contributed by atoms with Crippen LogP contribution in [0.5, 0.6) is 0 Å². The van der Waals surface area contributed by atoms with Gasteiger partial charge in [-0.3, -0.25) is 9.59 Å². The number of aliphatic hydroxyl groups excluding tert-OH is 1. The first kappa shape index (κ1) is 30.2. The number of nitrogens with one attached hydrogen (secondary N) is 1. The summed E-state index contributed by atoms with van der Waals surface area (Å²) in [4.78, 5) is 29.5. The molecular formula is C33H45N3O3. The first-order chi connectivity index (χ1) is 18.6. The minimum atomic E-state index is -0.956. The van der Waals surface area contributed by atoms with E-state index < -0.39 is 18.6 Å². The van der Waals surface area contributed by atoms with Gasteiger partial charge in [0.1, 0.15) is 6.04 Å². The van der Waals surface area contributed by atoms with Crippen LogP contribution in [0.1, 0.15) is 53.9 Å². The first-order valence-electron chi connectivity index (χ1n) is 14.0. The number of benzene rings is 1. The lowest BCUT2D eigenvalue weighted by molar-refractivity contribution is -0.137. The van der Waals surface area contributed by atoms with Gasteiger partial charge in [-0.05, 0) is 68.7 Å². The fourth-order valence-corrected chi connectivity index (χ4v) is 5.33. The summed E-state index contributed by atoms with van der Waals surface area (Å²) in [6, 6.07) is 9.14. The van der Waals surface area contributed by atoms with Gasteiger partial charge in [-0.25, -0.2) is 0 Å². The number of allylic oxidation sites excluding steroid dienone is 9. The Morgan fingerprint density at radius 3 is 2.38 bits per heavy atom. The van der Waals surface area contributed by atoms with Crippen LogP contribution in [0.15, 0.2) is 89.1 Å². The van der Waals surface area contributed by atoms with Crippen LogP contribution in [0.3, 0.4) is 0 Å². The number of aliphatic hydroxyl groups is 1. The van der Waals surface area contributed by atoms with Crippen LogP contribution < -0.4 is 10.2 Å². The zero-order valence-electron chi connectivity index (χ0n) is 24.2. The van der Waals surface area contributed by atoms with Crippen molar-refractivity contribution in [2.24, 2.45) is 5.41 Å². The lowest BCUT2D eigenvalue weighted by Gasteiger charge is -2.37. The number of anilines is 1. The third-order valence-corrected chi connectivity index (χ3v) is 7.64. The Kier molecular flexibility index (Phi) is 10.9. The van der Waals surface area contributed by atoms with E-state index in [2.05, 4.69) is 62.2 Å². The van der Waals surface area contributed by atoms with E-state index in [1.165, 1.54) is 36.5 Å². The quantitative estimate of drug-likeness (QED) is 0.333. The van der Waals surface area contributed by atoms with Gasteiger partial charge in [-0.2, -0.15) is 0 Å². The van der Waals surface area contributed by atoms with Crippen molar-refractivity contribution in [1.29, 1.82) is 0 Å². The zero-order chi connectivity index (χ0) is 28.4. The molecule has 1 atom stereocenters. The molecule has 1 aliphatic carbocycles. The Labute approximate surface area is 234 Å². The van der Waals surface area contributed by atoms with Crippen LogP contribution in [0, 0.1) is 5.41 Å².